The highest BCUT2D eigenvalue weighted by atomic mass is 35.5. The average molecular weight is 224 g/mol. The molecule has 1 aromatic carbocycles. The van der Waals surface area contributed by atoms with Crippen molar-refractivity contribution in [2.45, 2.75) is 39.2 Å². The topological polar surface area (TPSA) is 12.0 Å². The van der Waals surface area contributed by atoms with Crippen molar-refractivity contribution in [3.63, 3.8) is 0 Å². The summed E-state index contributed by atoms with van der Waals surface area (Å²) >= 11 is 6.01. The monoisotopic (exact) mass is 223 g/mol. The Morgan fingerprint density at radius 2 is 1.93 bits per heavy atom. The zero-order valence-corrected chi connectivity index (χ0v) is 10.5. The number of fused-ring (bicyclic) bond motifs is 1. The van der Waals surface area contributed by atoms with Crippen molar-refractivity contribution < 1.29 is 0 Å². The van der Waals surface area contributed by atoms with Crippen LogP contribution >= 0.6 is 11.6 Å². The van der Waals surface area contributed by atoms with E-state index in [1.165, 1.54) is 11.3 Å². The molecule has 0 radical (unpaired) electrons. The number of anilines is 1. The van der Waals surface area contributed by atoms with E-state index < -0.39 is 0 Å². The van der Waals surface area contributed by atoms with Crippen molar-refractivity contribution in [1.29, 1.82) is 0 Å². The zero-order valence-electron chi connectivity index (χ0n) is 9.76. The van der Waals surface area contributed by atoms with Crippen molar-refractivity contribution in [2.24, 2.45) is 5.92 Å². The Kier molecular flexibility index (Phi) is 2.46. The van der Waals surface area contributed by atoms with Crippen LogP contribution in [0.1, 0.15) is 39.2 Å². The molecule has 82 valence electrons. The summed E-state index contributed by atoms with van der Waals surface area (Å²) in [6, 6.07) is 6.14. The van der Waals surface area contributed by atoms with Crippen LogP contribution < -0.4 is 5.32 Å². The summed E-state index contributed by atoms with van der Waals surface area (Å²) in [5, 5.41) is 4.38. The second kappa shape index (κ2) is 3.41. The second-order valence-electron chi connectivity index (χ2n) is 5.16. The first-order valence-electron chi connectivity index (χ1n) is 5.49. The molecule has 1 aromatic rings. The fraction of sp³-hybridized carbons (Fsp3) is 0.538. The zero-order chi connectivity index (χ0) is 11.2. The van der Waals surface area contributed by atoms with E-state index in [2.05, 4.69) is 39.1 Å². The van der Waals surface area contributed by atoms with Gasteiger partial charge in [0, 0.05) is 16.2 Å². The van der Waals surface area contributed by atoms with Gasteiger partial charge in [-0.1, -0.05) is 31.5 Å². The van der Waals surface area contributed by atoms with E-state index in [1.807, 2.05) is 12.1 Å². The maximum atomic E-state index is 6.01. The standard InChI is InChI=1S/C13H18ClN/c1-8-9(2)13(3,4)15-12-7-10(14)5-6-11(8)12/h5-9,15H,1-4H3. The lowest BCUT2D eigenvalue weighted by molar-refractivity contribution is 0.316. The van der Waals surface area contributed by atoms with Gasteiger partial charge in [0.2, 0.25) is 0 Å². The van der Waals surface area contributed by atoms with Gasteiger partial charge in [0.05, 0.1) is 0 Å². The highest BCUT2D eigenvalue weighted by Gasteiger charge is 2.36. The van der Waals surface area contributed by atoms with Gasteiger partial charge in [-0.2, -0.15) is 0 Å². The molecule has 2 atom stereocenters. The van der Waals surface area contributed by atoms with Crippen molar-refractivity contribution in [1.82, 2.24) is 0 Å². The molecule has 0 amide bonds. The molecule has 15 heavy (non-hydrogen) atoms. The molecule has 0 aliphatic carbocycles. The SMILES string of the molecule is CC1c2ccc(Cl)cc2NC(C)(C)C1C. The summed E-state index contributed by atoms with van der Waals surface area (Å²) in [7, 11) is 0. The van der Waals surface area contributed by atoms with E-state index in [4.69, 9.17) is 11.6 Å². The van der Waals surface area contributed by atoms with Gasteiger partial charge in [0.1, 0.15) is 0 Å². The first kappa shape index (κ1) is 10.8. The first-order chi connectivity index (χ1) is 6.92. The number of hydrogen-bond donors (Lipinski definition) is 1. The molecule has 0 saturated carbocycles. The molecule has 1 nitrogen and oxygen atoms in total. The van der Waals surface area contributed by atoms with Crippen LogP contribution in [0.2, 0.25) is 5.02 Å². The third-order valence-corrected chi connectivity index (χ3v) is 4.09. The summed E-state index contributed by atoms with van der Waals surface area (Å²) in [4.78, 5) is 0. The van der Waals surface area contributed by atoms with E-state index in [0.717, 1.165) is 5.02 Å². The molecular formula is C13H18ClN. The van der Waals surface area contributed by atoms with Crippen LogP contribution in [-0.4, -0.2) is 5.54 Å². The van der Waals surface area contributed by atoms with Gasteiger partial charge < -0.3 is 5.32 Å². The van der Waals surface area contributed by atoms with Crippen molar-refractivity contribution >= 4 is 17.3 Å². The summed E-state index contributed by atoms with van der Waals surface area (Å²) in [5.74, 6) is 1.19. The maximum Gasteiger partial charge on any atom is 0.0426 e. The second-order valence-corrected chi connectivity index (χ2v) is 5.59. The first-order valence-corrected chi connectivity index (χ1v) is 5.87. The lowest BCUT2D eigenvalue weighted by atomic mass is 9.73. The van der Waals surface area contributed by atoms with Gasteiger partial charge in [0.25, 0.3) is 0 Å². The molecule has 0 bridgehead atoms. The van der Waals surface area contributed by atoms with Crippen LogP contribution in [0.3, 0.4) is 0 Å². The van der Waals surface area contributed by atoms with Gasteiger partial charge in [-0.15, -0.1) is 0 Å². The van der Waals surface area contributed by atoms with Crippen molar-refractivity contribution in [3.05, 3.63) is 28.8 Å². The minimum absolute atomic E-state index is 0.136. The predicted molar refractivity (Wildman–Crippen MR) is 66.7 cm³/mol. The fourth-order valence-electron chi connectivity index (χ4n) is 2.39. The van der Waals surface area contributed by atoms with E-state index in [1.54, 1.807) is 0 Å². The highest BCUT2D eigenvalue weighted by Crippen LogP contribution is 2.43. The average Bonchev–Trinajstić information content (AvgIpc) is 2.13. The van der Waals surface area contributed by atoms with Crippen LogP contribution in [0.15, 0.2) is 18.2 Å². The molecule has 0 spiro atoms. The van der Waals surface area contributed by atoms with Gasteiger partial charge in [-0.05, 0) is 43.4 Å². The summed E-state index contributed by atoms with van der Waals surface area (Å²) < 4.78 is 0. The minimum atomic E-state index is 0.136. The van der Waals surface area contributed by atoms with Crippen molar-refractivity contribution in [2.75, 3.05) is 5.32 Å². The highest BCUT2D eigenvalue weighted by molar-refractivity contribution is 6.30. The van der Waals surface area contributed by atoms with E-state index >= 15 is 0 Å². The summed E-state index contributed by atoms with van der Waals surface area (Å²) in [5.41, 5.74) is 2.71. The quantitative estimate of drug-likeness (QED) is 0.692. The normalized spacial score (nSPS) is 28.1. The smallest absolute Gasteiger partial charge is 0.0426 e. The number of nitrogens with one attached hydrogen (secondary N) is 1. The third-order valence-electron chi connectivity index (χ3n) is 3.85. The van der Waals surface area contributed by atoms with Gasteiger partial charge in [0.15, 0.2) is 0 Å². The Bertz CT molecular complexity index is 384. The number of benzene rings is 1. The van der Waals surface area contributed by atoms with E-state index in [-0.39, 0.29) is 5.54 Å². The molecule has 1 N–H and O–H groups in total. The number of rotatable bonds is 0. The fourth-order valence-corrected chi connectivity index (χ4v) is 2.56. The predicted octanol–water partition coefficient (Wildman–Crippen LogP) is 4.28. The molecule has 0 fully saturated rings. The Hall–Kier alpha value is -0.690. The molecule has 0 saturated heterocycles. The Morgan fingerprint density at radius 1 is 1.27 bits per heavy atom. The molecule has 1 aliphatic rings. The van der Waals surface area contributed by atoms with Gasteiger partial charge in [-0.3, -0.25) is 0 Å². The molecule has 1 heterocycles. The summed E-state index contributed by atoms with van der Waals surface area (Å²) in [6.45, 7) is 9.09. The number of hydrogen-bond acceptors (Lipinski definition) is 1. The lowest BCUT2D eigenvalue weighted by Gasteiger charge is -2.43. The Morgan fingerprint density at radius 3 is 2.60 bits per heavy atom. The molecule has 2 heteroatoms. The van der Waals surface area contributed by atoms with Crippen LogP contribution in [0.4, 0.5) is 5.69 Å². The minimum Gasteiger partial charge on any atom is -0.380 e. The largest absolute Gasteiger partial charge is 0.380 e. The van der Waals surface area contributed by atoms with E-state index in [9.17, 15) is 0 Å². The third kappa shape index (κ3) is 1.74. The molecular weight excluding hydrogens is 206 g/mol. The van der Waals surface area contributed by atoms with Gasteiger partial charge in [-0.25, -0.2) is 0 Å². The molecule has 2 unspecified atom stereocenters. The molecule has 0 aromatic heterocycles. The summed E-state index contributed by atoms with van der Waals surface area (Å²) in [6.07, 6.45) is 0. The van der Waals surface area contributed by atoms with Crippen LogP contribution in [0.25, 0.3) is 0 Å². The van der Waals surface area contributed by atoms with Crippen LogP contribution in [0, 0.1) is 5.92 Å². The van der Waals surface area contributed by atoms with Crippen LogP contribution in [0.5, 0.6) is 0 Å². The van der Waals surface area contributed by atoms with Crippen LogP contribution in [-0.2, 0) is 0 Å². The number of halogens is 1. The van der Waals surface area contributed by atoms with Gasteiger partial charge >= 0.3 is 0 Å². The lowest BCUT2D eigenvalue weighted by Crippen LogP contribution is -2.44. The van der Waals surface area contributed by atoms with E-state index in [0.29, 0.717) is 11.8 Å². The Balaban J connectivity index is 2.50. The maximum absolute atomic E-state index is 6.01. The van der Waals surface area contributed by atoms with Crippen molar-refractivity contribution in [3.8, 4) is 0 Å². The molecule has 2 rings (SSSR count). The Labute approximate surface area is 96.8 Å². The molecule has 1 aliphatic heterocycles.